The zero-order valence-electron chi connectivity index (χ0n) is 25.4. The molecule has 282 valence electrons. The summed E-state index contributed by atoms with van der Waals surface area (Å²) in [6.07, 6.45) is -34.3. The maximum Gasteiger partial charge on any atom is 0.187 e. The molecule has 11 unspecified atom stereocenters. The predicted octanol–water partition coefficient (Wildman–Crippen LogP) is -9.77. The topological polar surface area (TPSA) is 363 Å². The molecule has 4 aliphatic rings. The van der Waals surface area contributed by atoms with Crippen molar-refractivity contribution in [3.05, 3.63) is 0 Å². The molecule has 4 aliphatic heterocycles. The van der Waals surface area contributed by atoms with Gasteiger partial charge in [-0.25, -0.2) is 0 Å². The molecule has 4 rings (SSSR count). The van der Waals surface area contributed by atoms with Crippen LogP contribution in [0.15, 0.2) is 0 Å². The molecular formula is C26H47NO21. The van der Waals surface area contributed by atoms with Gasteiger partial charge in [0.05, 0.1) is 33.0 Å². The smallest absolute Gasteiger partial charge is 0.187 e. The summed E-state index contributed by atoms with van der Waals surface area (Å²) in [6, 6.07) is 0. The van der Waals surface area contributed by atoms with Gasteiger partial charge in [0, 0.05) is 6.54 Å². The van der Waals surface area contributed by atoms with Crippen LogP contribution in [0.4, 0.5) is 0 Å². The van der Waals surface area contributed by atoms with Gasteiger partial charge in [-0.1, -0.05) is 0 Å². The van der Waals surface area contributed by atoms with E-state index in [1.165, 1.54) is 0 Å². The molecule has 0 radical (unpaired) electrons. The number of aliphatic hydroxyl groups is 13. The largest absolute Gasteiger partial charge is 0.394 e. The van der Waals surface area contributed by atoms with E-state index in [2.05, 4.69) is 0 Å². The fourth-order valence-electron chi connectivity index (χ4n) is 5.85. The highest BCUT2D eigenvalue weighted by Gasteiger charge is 2.55. The van der Waals surface area contributed by atoms with E-state index in [0.717, 1.165) is 0 Å². The molecule has 0 spiro atoms. The first-order chi connectivity index (χ1) is 22.8. The number of hydrogen-bond acceptors (Lipinski definition) is 22. The quantitative estimate of drug-likeness (QED) is 0.0844. The highest BCUT2D eigenvalue weighted by molar-refractivity contribution is 4.97. The van der Waals surface area contributed by atoms with Crippen molar-refractivity contribution in [1.82, 2.24) is 0 Å². The molecule has 0 saturated carbocycles. The zero-order valence-corrected chi connectivity index (χ0v) is 25.4. The van der Waals surface area contributed by atoms with E-state index in [1.54, 1.807) is 0 Å². The van der Waals surface area contributed by atoms with Crippen LogP contribution < -0.4 is 5.73 Å². The molecule has 20 atom stereocenters. The van der Waals surface area contributed by atoms with Crippen LogP contribution in [0.1, 0.15) is 0 Å². The van der Waals surface area contributed by atoms with E-state index in [-0.39, 0.29) is 13.2 Å². The number of nitrogens with two attached hydrogens (primary N) is 1. The molecule has 15 N–H and O–H groups in total. The summed E-state index contributed by atoms with van der Waals surface area (Å²) in [7, 11) is 0. The van der Waals surface area contributed by atoms with E-state index in [1.807, 2.05) is 0 Å². The number of ether oxygens (including phenoxy) is 8. The van der Waals surface area contributed by atoms with Gasteiger partial charge in [0.15, 0.2) is 25.2 Å². The second kappa shape index (κ2) is 17.6. The van der Waals surface area contributed by atoms with Crippen molar-refractivity contribution in [2.45, 2.75) is 123 Å². The maximum absolute atomic E-state index is 11.0. The third-order valence-electron chi connectivity index (χ3n) is 8.58. The van der Waals surface area contributed by atoms with Crippen molar-refractivity contribution in [2.75, 3.05) is 39.6 Å². The molecule has 0 aliphatic carbocycles. The van der Waals surface area contributed by atoms with Crippen LogP contribution in [0.3, 0.4) is 0 Å². The van der Waals surface area contributed by atoms with E-state index >= 15 is 0 Å². The van der Waals surface area contributed by atoms with Gasteiger partial charge < -0.3 is 110 Å². The molecule has 0 bridgehead atoms. The monoisotopic (exact) mass is 709 g/mol. The second-order valence-electron chi connectivity index (χ2n) is 11.8. The molecule has 0 aromatic rings. The van der Waals surface area contributed by atoms with Gasteiger partial charge in [-0.2, -0.15) is 0 Å². The number of hydrogen-bond donors (Lipinski definition) is 14. The Bertz CT molecular complexity index is 965. The van der Waals surface area contributed by atoms with Gasteiger partial charge >= 0.3 is 0 Å². The van der Waals surface area contributed by atoms with Crippen LogP contribution in [0.25, 0.3) is 0 Å². The Hall–Kier alpha value is -0.880. The lowest BCUT2D eigenvalue weighted by atomic mass is 9.95. The highest BCUT2D eigenvalue weighted by Crippen LogP contribution is 2.34. The van der Waals surface area contributed by atoms with E-state index in [4.69, 9.17) is 43.6 Å². The normalized spacial score (nSPS) is 50.4. The van der Waals surface area contributed by atoms with Crippen molar-refractivity contribution in [3.63, 3.8) is 0 Å². The fraction of sp³-hybridized carbons (Fsp3) is 1.00. The molecule has 0 aromatic heterocycles. The standard InChI is InChI=1S/C26H47NO21/c27-1-2-41-23-17(38)13(34)20(8(4-29)43-23)47-25-19(40)15(36)22(10(6-31)45-25)48-26-18(39)14(35)21(9(5-30)44-26)46-24-16(37)12(33)11(32)7(3-28)42-24/h7-26,28-40H,1-6,27H2/t7?,8?,9?,10?,11-,12?,13?,14?,15?,16+,17?,18?,19?,20+,21-,22-,23+,24+,25-,26+/m1/s1. The molecular weight excluding hydrogens is 662 g/mol. The Labute approximate surface area is 272 Å². The minimum absolute atomic E-state index is 0.0459. The van der Waals surface area contributed by atoms with Crippen molar-refractivity contribution < 1.29 is 104 Å². The summed E-state index contributed by atoms with van der Waals surface area (Å²) in [5.41, 5.74) is 5.38. The molecule has 22 nitrogen and oxygen atoms in total. The van der Waals surface area contributed by atoms with Gasteiger partial charge in [0.25, 0.3) is 0 Å². The maximum atomic E-state index is 11.0. The minimum atomic E-state index is -2.02. The summed E-state index contributed by atoms with van der Waals surface area (Å²) in [4.78, 5) is 0. The van der Waals surface area contributed by atoms with Gasteiger partial charge in [-0.05, 0) is 0 Å². The lowest BCUT2D eigenvalue weighted by molar-refractivity contribution is -0.388. The van der Waals surface area contributed by atoms with Crippen LogP contribution in [0.2, 0.25) is 0 Å². The van der Waals surface area contributed by atoms with Crippen LogP contribution in [-0.4, -0.2) is 229 Å². The van der Waals surface area contributed by atoms with Crippen molar-refractivity contribution in [1.29, 1.82) is 0 Å². The van der Waals surface area contributed by atoms with E-state index in [9.17, 15) is 66.4 Å². The van der Waals surface area contributed by atoms with Crippen LogP contribution in [0.5, 0.6) is 0 Å². The summed E-state index contributed by atoms with van der Waals surface area (Å²) in [5, 5.41) is 134. The second-order valence-corrected chi connectivity index (χ2v) is 11.8. The fourth-order valence-corrected chi connectivity index (χ4v) is 5.85. The number of aliphatic hydroxyl groups excluding tert-OH is 13. The first-order valence-electron chi connectivity index (χ1n) is 15.3. The predicted molar refractivity (Wildman–Crippen MR) is 147 cm³/mol. The first-order valence-corrected chi connectivity index (χ1v) is 15.3. The van der Waals surface area contributed by atoms with Gasteiger partial charge in [0.2, 0.25) is 0 Å². The molecule has 4 fully saturated rings. The average molecular weight is 710 g/mol. The third kappa shape index (κ3) is 8.26. The zero-order chi connectivity index (χ0) is 35.4. The SMILES string of the molecule is NCCO[C@H]1OC(CO)[C@H](O[C@H]2OC(CO)[C@@H](O[C@@H]3OC(CO)[C@@H](O[C@@H]4OC(CO)[C@@H](O)C(O)[C@@H]4O)C(O)C3O)C(O)C2O)C(O)C1O. The molecule has 0 aromatic carbocycles. The first kappa shape index (κ1) is 39.9. The Morgan fingerprint density at radius 2 is 0.708 bits per heavy atom. The third-order valence-corrected chi connectivity index (χ3v) is 8.58. The van der Waals surface area contributed by atoms with Gasteiger partial charge in [0.1, 0.15) is 97.7 Å². The Kier molecular flexibility index (Phi) is 14.6. The van der Waals surface area contributed by atoms with Crippen LogP contribution in [-0.2, 0) is 37.9 Å². The molecule has 0 amide bonds. The average Bonchev–Trinajstić information content (AvgIpc) is 3.08. The highest BCUT2D eigenvalue weighted by atomic mass is 16.8. The van der Waals surface area contributed by atoms with Crippen LogP contribution in [0, 0.1) is 0 Å². The minimum Gasteiger partial charge on any atom is -0.394 e. The number of rotatable bonds is 13. The summed E-state index contributed by atoms with van der Waals surface area (Å²) < 4.78 is 43.7. The van der Waals surface area contributed by atoms with Gasteiger partial charge in [-0.3, -0.25) is 0 Å². The van der Waals surface area contributed by atoms with E-state index in [0.29, 0.717) is 0 Å². The Balaban J connectivity index is 1.42. The van der Waals surface area contributed by atoms with E-state index < -0.39 is 149 Å². The summed E-state index contributed by atoms with van der Waals surface area (Å²) in [6.45, 7) is -3.29. The molecule has 48 heavy (non-hydrogen) atoms. The Morgan fingerprint density at radius 1 is 0.396 bits per heavy atom. The molecule has 4 heterocycles. The molecule has 4 saturated heterocycles. The lowest BCUT2D eigenvalue weighted by Crippen LogP contribution is -2.67. The van der Waals surface area contributed by atoms with Crippen molar-refractivity contribution in [2.24, 2.45) is 5.73 Å². The lowest BCUT2D eigenvalue weighted by Gasteiger charge is -2.49. The molecule has 22 heteroatoms. The van der Waals surface area contributed by atoms with Crippen LogP contribution >= 0.6 is 0 Å². The van der Waals surface area contributed by atoms with Crippen molar-refractivity contribution in [3.8, 4) is 0 Å². The summed E-state index contributed by atoms with van der Waals surface area (Å²) >= 11 is 0. The van der Waals surface area contributed by atoms with Crippen molar-refractivity contribution >= 4 is 0 Å². The summed E-state index contributed by atoms with van der Waals surface area (Å²) in [5.74, 6) is 0. The van der Waals surface area contributed by atoms with Gasteiger partial charge in [-0.15, -0.1) is 0 Å². The Morgan fingerprint density at radius 3 is 1.06 bits per heavy atom.